The molecule has 0 spiro atoms. The number of nitro groups is 1. The third kappa shape index (κ3) is 5.60. The highest BCUT2D eigenvalue weighted by atomic mass is 16.6. The molecular weight excluding hydrogens is 450 g/mol. The van der Waals surface area contributed by atoms with Gasteiger partial charge in [-0.1, -0.05) is 6.42 Å². The molecule has 2 aromatic carbocycles. The van der Waals surface area contributed by atoms with Crippen molar-refractivity contribution >= 4 is 11.6 Å². The summed E-state index contributed by atoms with van der Waals surface area (Å²) in [7, 11) is 3.13. The first-order valence-corrected chi connectivity index (χ1v) is 11.6. The smallest absolute Gasteiger partial charge is 0.270 e. The van der Waals surface area contributed by atoms with Gasteiger partial charge in [-0.25, -0.2) is 4.68 Å². The molecule has 0 saturated carbocycles. The van der Waals surface area contributed by atoms with Crippen LogP contribution in [0.5, 0.6) is 11.5 Å². The Morgan fingerprint density at radius 1 is 1.06 bits per heavy atom. The van der Waals surface area contributed by atoms with Crippen molar-refractivity contribution in [3.8, 4) is 28.4 Å². The van der Waals surface area contributed by atoms with Gasteiger partial charge in [0.2, 0.25) is 0 Å². The van der Waals surface area contributed by atoms with Crippen molar-refractivity contribution in [3.05, 3.63) is 64.3 Å². The lowest BCUT2D eigenvalue weighted by Gasteiger charge is -2.26. The quantitative estimate of drug-likeness (QED) is 0.368. The maximum atomic E-state index is 13.2. The predicted octanol–water partition coefficient (Wildman–Crippen LogP) is 3.68. The molecule has 0 unspecified atom stereocenters. The van der Waals surface area contributed by atoms with Crippen LogP contribution in [0.25, 0.3) is 16.9 Å². The molecule has 2 heterocycles. The number of methoxy groups -OCH3 is 2. The Hall–Kier alpha value is -3.92. The molecule has 184 valence electrons. The van der Waals surface area contributed by atoms with E-state index >= 15 is 0 Å². The summed E-state index contributed by atoms with van der Waals surface area (Å²) < 4.78 is 12.3. The monoisotopic (exact) mass is 479 g/mol. The van der Waals surface area contributed by atoms with Gasteiger partial charge in [0.05, 0.1) is 30.5 Å². The highest BCUT2D eigenvalue weighted by molar-refractivity contribution is 5.94. The minimum atomic E-state index is -0.464. The van der Waals surface area contributed by atoms with E-state index in [2.05, 4.69) is 15.3 Å². The number of benzene rings is 2. The highest BCUT2D eigenvalue weighted by Crippen LogP contribution is 2.33. The minimum Gasteiger partial charge on any atom is -0.497 e. The fraction of sp³-hybridized carbons (Fsp3) is 0.360. The first kappa shape index (κ1) is 24.2. The van der Waals surface area contributed by atoms with Gasteiger partial charge >= 0.3 is 0 Å². The second-order valence-electron chi connectivity index (χ2n) is 8.32. The fourth-order valence-corrected chi connectivity index (χ4v) is 4.20. The summed E-state index contributed by atoms with van der Waals surface area (Å²) in [5.74, 6) is 0.914. The van der Waals surface area contributed by atoms with Crippen LogP contribution in [-0.2, 0) is 0 Å². The van der Waals surface area contributed by atoms with E-state index in [0.29, 0.717) is 40.7 Å². The Balaban J connectivity index is 1.65. The van der Waals surface area contributed by atoms with Gasteiger partial charge < -0.3 is 19.7 Å². The number of ether oxygens (including phenoxy) is 2. The third-order valence-corrected chi connectivity index (χ3v) is 6.09. The van der Waals surface area contributed by atoms with Crippen molar-refractivity contribution < 1.29 is 19.2 Å². The van der Waals surface area contributed by atoms with Crippen molar-refractivity contribution in [1.82, 2.24) is 20.0 Å². The molecule has 35 heavy (non-hydrogen) atoms. The summed E-state index contributed by atoms with van der Waals surface area (Å²) in [6.45, 7) is 3.41. The number of likely N-dealkylation sites (tertiary alicyclic amines) is 1. The van der Waals surface area contributed by atoms with Crippen LogP contribution in [0.3, 0.4) is 0 Å². The van der Waals surface area contributed by atoms with Crippen molar-refractivity contribution in [3.63, 3.8) is 0 Å². The molecule has 4 rings (SSSR count). The molecule has 1 aromatic heterocycles. The zero-order valence-electron chi connectivity index (χ0n) is 19.9. The van der Waals surface area contributed by atoms with Crippen LogP contribution in [0.4, 0.5) is 5.69 Å². The molecular formula is C25H29N5O5. The van der Waals surface area contributed by atoms with E-state index in [4.69, 9.17) is 9.47 Å². The number of piperidine rings is 1. The Bertz CT molecular complexity index is 1190. The molecule has 1 amide bonds. The number of carbonyl (C=O) groups excluding carboxylic acids is 1. The topological polar surface area (TPSA) is 112 Å². The lowest BCUT2D eigenvalue weighted by atomic mass is 10.1. The van der Waals surface area contributed by atoms with Gasteiger partial charge in [0.1, 0.15) is 17.2 Å². The van der Waals surface area contributed by atoms with Crippen molar-refractivity contribution in [2.75, 3.05) is 40.4 Å². The Morgan fingerprint density at radius 3 is 2.46 bits per heavy atom. The van der Waals surface area contributed by atoms with Crippen molar-refractivity contribution in [2.45, 2.75) is 19.3 Å². The largest absolute Gasteiger partial charge is 0.497 e. The number of nitrogens with one attached hydrogen (secondary N) is 1. The van der Waals surface area contributed by atoms with E-state index in [1.807, 2.05) is 6.07 Å². The molecule has 1 N–H and O–H groups in total. The van der Waals surface area contributed by atoms with Gasteiger partial charge in [-0.3, -0.25) is 14.9 Å². The van der Waals surface area contributed by atoms with Crippen molar-refractivity contribution in [1.29, 1.82) is 0 Å². The Labute approximate surface area is 203 Å². The number of aromatic nitrogens is 2. The Morgan fingerprint density at radius 2 is 1.80 bits per heavy atom. The number of hydrogen-bond acceptors (Lipinski definition) is 7. The molecule has 10 nitrogen and oxygen atoms in total. The molecule has 10 heteroatoms. The summed E-state index contributed by atoms with van der Waals surface area (Å²) in [5.41, 5.74) is 2.05. The maximum Gasteiger partial charge on any atom is 0.270 e. The normalized spacial score (nSPS) is 13.9. The van der Waals surface area contributed by atoms with Crippen LogP contribution >= 0.6 is 0 Å². The molecule has 1 aliphatic heterocycles. The number of non-ortho nitro benzene ring substituents is 1. The van der Waals surface area contributed by atoms with Gasteiger partial charge in [0.25, 0.3) is 11.6 Å². The van der Waals surface area contributed by atoms with E-state index in [9.17, 15) is 14.9 Å². The SMILES string of the molecule is COc1ccc(-c2cc(C(=O)NCCN3CCCCC3)n(-c3ccc([N+](=O)[O-])cc3)n2)c(OC)c1. The second kappa shape index (κ2) is 11.0. The maximum absolute atomic E-state index is 13.2. The molecule has 1 fully saturated rings. The first-order valence-electron chi connectivity index (χ1n) is 11.6. The second-order valence-corrected chi connectivity index (χ2v) is 8.32. The van der Waals surface area contributed by atoms with Gasteiger partial charge in [0.15, 0.2) is 0 Å². The number of nitro benzene ring substituents is 1. The standard InChI is InChI=1S/C25H29N5O5/c1-34-20-10-11-21(24(16-20)35-2)22-17-23(25(31)26-12-15-28-13-4-3-5-14-28)29(27-22)18-6-8-19(9-7-18)30(32)33/h6-11,16-17H,3-5,12-15H2,1-2H3,(H,26,31). The fourth-order valence-electron chi connectivity index (χ4n) is 4.20. The lowest BCUT2D eigenvalue weighted by Crippen LogP contribution is -2.38. The van der Waals surface area contributed by atoms with Crippen LogP contribution in [0.15, 0.2) is 48.5 Å². The predicted molar refractivity (Wildman–Crippen MR) is 131 cm³/mol. The first-order chi connectivity index (χ1) is 17.0. The zero-order valence-corrected chi connectivity index (χ0v) is 19.9. The van der Waals surface area contributed by atoms with Crippen LogP contribution in [-0.4, -0.2) is 65.9 Å². The van der Waals surface area contributed by atoms with E-state index < -0.39 is 4.92 Å². The average molecular weight is 480 g/mol. The summed E-state index contributed by atoms with van der Waals surface area (Å²) in [5, 5.41) is 18.7. The van der Waals surface area contributed by atoms with Crippen LogP contribution in [0.1, 0.15) is 29.8 Å². The van der Waals surface area contributed by atoms with E-state index in [1.54, 1.807) is 44.6 Å². The zero-order chi connectivity index (χ0) is 24.8. The average Bonchev–Trinajstić information content (AvgIpc) is 3.34. The van der Waals surface area contributed by atoms with Crippen LogP contribution < -0.4 is 14.8 Å². The Kier molecular flexibility index (Phi) is 7.61. The van der Waals surface area contributed by atoms with Crippen molar-refractivity contribution in [2.24, 2.45) is 0 Å². The summed E-state index contributed by atoms with van der Waals surface area (Å²) in [6.07, 6.45) is 3.64. The number of hydrogen-bond donors (Lipinski definition) is 1. The highest BCUT2D eigenvalue weighted by Gasteiger charge is 2.21. The number of nitrogens with zero attached hydrogens (tertiary/aromatic N) is 4. The van der Waals surface area contributed by atoms with Gasteiger partial charge in [0, 0.05) is 36.9 Å². The van der Waals surface area contributed by atoms with Crippen LogP contribution in [0, 0.1) is 10.1 Å². The third-order valence-electron chi connectivity index (χ3n) is 6.09. The molecule has 0 atom stereocenters. The molecule has 1 aliphatic rings. The van der Waals surface area contributed by atoms with E-state index in [-0.39, 0.29) is 11.6 Å². The molecule has 0 radical (unpaired) electrons. The van der Waals surface area contributed by atoms with Crippen LogP contribution in [0.2, 0.25) is 0 Å². The molecule has 3 aromatic rings. The minimum absolute atomic E-state index is 0.0366. The van der Waals surface area contributed by atoms with Gasteiger partial charge in [-0.2, -0.15) is 5.10 Å². The number of rotatable bonds is 9. The summed E-state index contributed by atoms with van der Waals surface area (Å²) in [4.78, 5) is 26.2. The molecule has 0 aliphatic carbocycles. The molecule has 0 bridgehead atoms. The number of amides is 1. The van der Waals surface area contributed by atoms with E-state index in [1.165, 1.54) is 36.1 Å². The summed E-state index contributed by atoms with van der Waals surface area (Å²) in [6, 6.07) is 13.0. The lowest BCUT2D eigenvalue weighted by molar-refractivity contribution is -0.384. The number of carbonyl (C=O) groups is 1. The van der Waals surface area contributed by atoms with E-state index in [0.717, 1.165) is 19.6 Å². The summed E-state index contributed by atoms with van der Waals surface area (Å²) >= 11 is 0. The molecule has 1 saturated heterocycles. The van der Waals surface area contributed by atoms with Gasteiger partial charge in [-0.05, 0) is 56.3 Å². The van der Waals surface area contributed by atoms with Gasteiger partial charge in [-0.15, -0.1) is 0 Å².